The number of nitrogens with zero attached hydrogens (tertiary/aromatic N) is 2. The Morgan fingerprint density at radius 1 is 0.974 bits per heavy atom. The molecule has 3 aromatic rings. The number of carbonyl (C=O) groups is 2. The van der Waals surface area contributed by atoms with Gasteiger partial charge in [0.15, 0.2) is 18.1 Å². The molecule has 2 aliphatic rings. The highest BCUT2D eigenvalue weighted by molar-refractivity contribution is 6.08. The van der Waals surface area contributed by atoms with Gasteiger partial charge in [-0.25, -0.2) is 18.6 Å². The molecule has 9 heteroatoms. The van der Waals surface area contributed by atoms with E-state index in [1.165, 1.54) is 35.3 Å². The SMILES string of the molecule is O=C(OCC(=O)N1N=C2C(=Cc3ccc(F)cc3)CCCC2C1c1ccc(F)cc1)c1ccc(O)c(O)c1. The van der Waals surface area contributed by atoms with Crippen LogP contribution in [0.3, 0.4) is 0 Å². The summed E-state index contributed by atoms with van der Waals surface area (Å²) in [6.07, 6.45) is 4.25. The average molecular weight is 519 g/mol. The van der Waals surface area contributed by atoms with Crippen molar-refractivity contribution in [3.63, 3.8) is 0 Å². The monoisotopic (exact) mass is 518 g/mol. The van der Waals surface area contributed by atoms with Crippen LogP contribution in [0.2, 0.25) is 0 Å². The normalized spacial score (nSPS) is 19.7. The van der Waals surface area contributed by atoms with E-state index in [4.69, 9.17) is 4.74 Å². The van der Waals surface area contributed by atoms with E-state index in [9.17, 15) is 28.6 Å². The molecule has 7 nitrogen and oxygen atoms in total. The summed E-state index contributed by atoms with van der Waals surface area (Å²) in [6, 6.07) is 14.9. The number of hydrazone groups is 1. The zero-order valence-electron chi connectivity index (χ0n) is 20.2. The minimum Gasteiger partial charge on any atom is -0.504 e. The number of allylic oxidation sites excluding steroid dienone is 1. The van der Waals surface area contributed by atoms with Crippen LogP contribution in [0.15, 0.2) is 77.4 Å². The highest BCUT2D eigenvalue weighted by atomic mass is 19.1. The number of esters is 1. The van der Waals surface area contributed by atoms with E-state index in [1.54, 1.807) is 24.3 Å². The van der Waals surface area contributed by atoms with E-state index in [0.29, 0.717) is 5.56 Å². The van der Waals surface area contributed by atoms with E-state index < -0.39 is 36.1 Å². The number of aromatic hydroxyl groups is 2. The average Bonchev–Trinajstić information content (AvgIpc) is 3.31. The summed E-state index contributed by atoms with van der Waals surface area (Å²) in [6.45, 7) is -0.612. The van der Waals surface area contributed by atoms with Gasteiger partial charge < -0.3 is 14.9 Å². The van der Waals surface area contributed by atoms with Crippen molar-refractivity contribution in [1.29, 1.82) is 0 Å². The van der Waals surface area contributed by atoms with Crippen LogP contribution < -0.4 is 0 Å². The van der Waals surface area contributed by atoms with Crippen molar-refractivity contribution in [3.05, 3.63) is 101 Å². The second-order valence-electron chi connectivity index (χ2n) is 9.22. The van der Waals surface area contributed by atoms with Crippen molar-refractivity contribution in [3.8, 4) is 11.5 Å². The molecule has 5 rings (SSSR count). The van der Waals surface area contributed by atoms with Crippen LogP contribution in [0.4, 0.5) is 8.78 Å². The van der Waals surface area contributed by atoms with Gasteiger partial charge >= 0.3 is 5.97 Å². The Bertz CT molecular complexity index is 1430. The molecular formula is C29H24F2N2O5. The zero-order chi connectivity index (χ0) is 26.8. The number of phenolic OH excluding ortho intramolecular Hbond substituents is 2. The number of benzene rings is 3. The second-order valence-corrected chi connectivity index (χ2v) is 9.22. The summed E-state index contributed by atoms with van der Waals surface area (Å²) in [4.78, 5) is 25.8. The van der Waals surface area contributed by atoms with E-state index in [0.717, 1.165) is 48.2 Å². The summed E-state index contributed by atoms with van der Waals surface area (Å²) in [5, 5.41) is 25.0. The molecule has 3 aromatic carbocycles. The Morgan fingerprint density at radius 2 is 1.66 bits per heavy atom. The van der Waals surface area contributed by atoms with Crippen molar-refractivity contribution in [2.75, 3.05) is 6.61 Å². The van der Waals surface area contributed by atoms with Crippen molar-refractivity contribution >= 4 is 23.7 Å². The van der Waals surface area contributed by atoms with Crippen molar-refractivity contribution in [1.82, 2.24) is 5.01 Å². The fourth-order valence-corrected chi connectivity index (χ4v) is 4.89. The van der Waals surface area contributed by atoms with Gasteiger partial charge in [0.05, 0.1) is 17.3 Å². The first kappa shape index (κ1) is 25.1. The van der Waals surface area contributed by atoms with Crippen LogP contribution in [-0.2, 0) is 9.53 Å². The lowest BCUT2D eigenvalue weighted by Crippen LogP contribution is -2.34. The predicted molar refractivity (Wildman–Crippen MR) is 135 cm³/mol. The van der Waals surface area contributed by atoms with Gasteiger partial charge in [-0.3, -0.25) is 4.79 Å². The van der Waals surface area contributed by atoms with Crippen molar-refractivity contribution in [2.24, 2.45) is 11.0 Å². The van der Waals surface area contributed by atoms with Gasteiger partial charge in [-0.15, -0.1) is 0 Å². The number of hydrogen-bond donors (Lipinski definition) is 2. The number of phenols is 2. The van der Waals surface area contributed by atoms with Gasteiger partial charge in [-0.1, -0.05) is 24.3 Å². The molecule has 2 N–H and O–H groups in total. The number of carbonyl (C=O) groups excluding carboxylic acids is 2. The number of amides is 1. The third-order valence-electron chi connectivity index (χ3n) is 6.72. The molecule has 1 aliphatic heterocycles. The molecule has 194 valence electrons. The van der Waals surface area contributed by atoms with Gasteiger partial charge in [0.25, 0.3) is 5.91 Å². The maximum Gasteiger partial charge on any atom is 0.338 e. The number of halogens is 2. The Hall–Kier alpha value is -4.53. The first-order valence-electron chi connectivity index (χ1n) is 12.1. The van der Waals surface area contributed by atoms with E-state index in [1.807, 2.05) is 6.08 Å². The molecule has 0 aromatic heterocycles. The molecule has 1 amide bonds. The molecule has 1 aliphatic carbocycles. The maximum absolute atomic E-state index is 13.7. The van der Waals surface area contributed by atoms with Gasteiger partial charge in [0.2, 0.25) is 0 Å². The highest BCUT2D eigenvalue weighted by Crippen LogP contribution is 2.44. The molecule has 0 bridgehead atoms. The van der Waals surface area contributed by atoms with Crippen LogP contribution >= 0.6 is 0 Å². The van der Waals surface area contributed by atoms with Gasteiger partial charge in [0, 0.05) is 5.92 Å². The lowest BCUT2D eigenvalue weighted by atomic mass is 9.77. The Balaban J connectivity index is 1.42. The van der Waals surface area contributed by atoms with Gasteiger partial charge in [-0.05, 0) is 84.5 Å². The molecule has 0 saturated heterocycles. The third kappa shape index (κ3) is 5.13. The quantitative estimate of drug-likeness (QED) is 0.350. The molecule has 2 unspecified atom stereocenters. The van der Waals surface area contributed by atoms with Crippen LogP contribution in [-0.4, -0.2) is 39.4 Å². The smallest absolute Gasteiger partial charge is 0.338 e. The lowest BCUT2D eigenvalue weighted by molar-refractivity contribution is -0.137. The molecule has 1 saturated carbocycles. The molecule has 1 fully saturated rings. The number of ether oxygens (including phenoxy) is 1. The fourth-order valence-electron chi connectivity index (χ4n) is 4.89. The van der Waals surface area contributed by atoms with Crippen molar-refractivity contribution in [2.45, 2.75) is 25.3 Å². The van der Waals surface area contributed by atoms with Gasteiger partial charge in [0.1, 0.15) is 11.6 Å². The van der Waals surface area contributed by atoms with E-state index in [2.05, 4.69) is 5.10 Å². The van der Waals surface area contributed by atoms with Crippen LogP contribution in [0.1, 0.15) is 46.8 Å². The minimum absolute atomic E-state index is 0.0332. The Morgan fingerprint density at radius 3 is 2.34 bits per heavy atom. The molecular weight excluding hydrogens is 494 g/mol. The molecule has 0 spiro atoms. The van der Waals surface area contributed by atoms with Gasteiger partial charge in [-0.2, -0.15) is 5.10 Å². The van der Waals surface area contributed by atoms with E-state index in [-0.39, 0.29) is 23.0 Å². The van der Waals surface area contributed by atoms with Crippen LogP contribution in [0.25, 0.3) is 6.08 Å². The lowest BCUT2D eigenvalue weighted by Gasteiger charge is -2.29. The first-order valence-corrected chi connectivity index (χ1v) is 12.1. The third-order valence-corrected chi connectivity index (χ3v) is 6.72. The molecule has 38 heavy (non-hydrogen) atoms. The van der Waals surface area contributed by atoms with Crippen LogP contribution in [0.5, 0.6) is 11.5 Å². The Kier molecular flexibility index (Phi) is 6.91. The summed E-state index contributed by atoms with van der Waals surface area (Å²) in [5.74, 6) is -3.20. The first-order chi connectivity index (χ1) is 18.3. The fraction of sp³-hybridized carbons (Fsp3) is 0.207. The maximum atomic E-state index is 13.7. The standard InChI is InChI=1S/C29H24F2N2O5/c30-21-9-4-17(5-10-21)14-19-2-1-3-23-27(19)32-33(28(23)18-6-11-22(31)12-7-18)26(36)16-38-29(37)20-8-13-24(34)25(35)15-20/h4-15,23,28,34-35H,1-3,16H2. The predicted octanol–water partition coefficient (Wildman–Crippen LogP) is 5.36. The summed E-state index contributed by atoms with van der Waals surface area (Å²) in [7, 11) is 0. The van der Waals surface area contributed by atoms with E-state index >= 15 is 0 Å². The minimum atomic E-state index is -0.854. The highest BCUT2D eigenvalue weighted by Gasteiger charge is 2.43. The number of fused-ring (bicyclic) bond motifs is 1. The molecule has 1 heterocycles. The topological polar surface area (TPSA) is 99.4 Å². The summed E-state index contributed by atoms with van der Waals surface area (Å²) in [5.41, 5.74) is 3.11. The van der Waals surface area contributed by atoms with Crippen molar-refractivity contribution < 1.29 is 33.3 Å². The summed E-state index contributed by atoms with van der Waals surface area (Å²) >= 11 is 0. The Labute approximate surface area is 217 Å². The second kappa shape index (κ2) is 10.5. The summed E-state index contributed by atoms with van der Waals surface area (Å²) < 4.78 is 32.3. The zero-order valence-corrected chi connectivity index (χ0v) is 20.2. The number of rotatable bonds is 5. The number of hydrogen-bond acceptors (Lipinski definition) is 6. The molecule has 0 radical (unpaired) electrons. The largest absolute Gasteiger partial charge is 0.504 e. The van der Waals surface area contributed by atoms with Crippen LogP contribution in [0, 0.1) is 17.6 Å². The molecule has 2 atom stereocenters.